The van der Waals surface area contributed by atoms with Gasteiger partial charge in [0, 0.05) is 11.8 Å². The molecule has 1 aromatic carbocycles. The second-order valence-electron chi connectivity index (χ2n) is 7.93. The summed E-state index contributed by atoms with van der Waals surface area (Å²) in [6.45, 7) is 7.60. The van der Waals surface area contributed by atoms with Crippen molar-refractivity contribution in [1.82, 2.24) is 0 Å². The van der Waals surface area contributed by atoms with Crippen molar-refractivity contribution in [2.45, 2.75) is 33.8 Å². The van der Waals surface area contributed by atoms with Gasteiger partial charge in [0.1, 0.15) is 0 Å². The van der Waals surface area contributed by atoms with Crippen molar-refractivity contribution in [2.75, 3.05) is 4.90 Å². The van der Waals surface area contributed by atoms with Crippen LogP contribution in [0.4, 0.5) is 5.69 Å². The molecule has 27 heavy (non-hydrogen) atoms. The fourth-order valence-electron chi connectivity index (χ4n) is 4.79. The number of hydrogen-bond acceptors (Lipinski definition) is 4. The van der Waals surface area contributed by atoms with Crippen molar-refractivity contribution in [3.05, 3.63) is 53.1 Å². The highest BCUT2D eigenvalue weighted by Gasteiger charge is 2.62. The summed E-state index contributed by atoms with van der Waals surface area (Å²) in [5.74, 6) is -1.72. The second-order valence-corrected chi connectivity index (χ2v) is 7.93. The number of carbonyl (C=O) groups excluding carboxylic acids is 3. The number of para-hydroxylation sites is 1. The number of rotatable bonds is 3. The number of imide groups is 1. The molecule has 0 unspecified atom stereocenters. The molecule has 2 fully saturated rings. The Morgan fingerprint density at radius 1 is 1.00 bits per heavy atom. The molecule has 2 aliphatic carbocycles. The summed E-state index contributed by atoms with van der Waals surface area (Å²) in [5.41, 5.74) is 2.96. The molecule has 1 saturated carbocycles. The Labute approximate surface area is 158 Å². The van der Waals surface area contributed by atoms with Crippen LogP contribution in [0.3, 0.4) is 0 Å². The number of allylic oxidation sites excluding steroid dienone is 4. The lowest BCUT2D eigenvalue weighted by molar-refractivity contribution is -0.122. The smallest absolute Gasteiger partial charge is 0.340 e. The van der Waals surface area contributed by atoms with Crippen LogP contribution in [0.5, 0.6) is 0 Å². The van der Waals surface area contributed by atoms with Crippen LogP contribution < -0.4 is 4.90 Å². The monoisotopic (exact) mass is 365 g/mol. The maximum absolute atomic E-state index is 13.2. The quantitative estimate of drug-likeness (QED) is 0.467. The van der Waals surface area contributed by atoms with Crippen LogP contribution in [0.25, 0.3) is 0 Å². The fourth-order valence-corrected chi connectivity index (χ4v) is 4.79. The first-order chi connectivity index (χ1) is 12.8. The van der Waals surface area contributed by atoms with E-state index in [1.54, 1.807) is 38.1 Å². The Hall–Kier alpha value is -2.69. The lowest BCUT2D eigenvalue weighted by Gasteiger charge is -2.21. The number of hydrogen-bond donors (Lipinski definition) is 0. The minimum Gasteiger partial charge on any atom is -0.459 e. The highest BCUT2D eigenvalue weighted by atomic mass is 16.5. The highest BCUT2D eigenvalue weighted by Crippen LogP contribution is 2.57. The molecule has 0 aromatic heterocycles. The number of ether oxygens (including phenoxy) is 1. The molecule has 1 aromatic rings. The molecule has 2 amide bonds. The average Bonchev–Trinajstić information content (AvgIpc) is 3.24. The zero-order chi connectivity index (χ0) is 19.5. The van der Waals surface area contributed by atoms with Gasteiger partial charge >= 0.3 is 5.97 Å². The fraction of sp³-hybridized carbons (Fsp3) is 0.409. The van der Waals surface area contributed by atoms with E-state index in [2.05, 4.69) is 12.2 Å². The van der Waals surface area contributed by atoms with Gasteiger partial charge in [-0.05, 0) is 39.8 Å². The molecule has 0 N–H and O–H groups in total. The Morgan fingerprint density at radius 2 is 1.56 bits per heavy atom. The molecule has 2 bridgehead atoms. The van der Waals surface area contributed by atoms with E-state index in [-0.39, 0.29) is 47.2 Å². The Balaban J connectivity index is 1.74. The number of nitrogens with zero attached hydrogens (tertiary/aromatic N) is 1. The molecule has 0 spiro atoms. The van der Waals surface area contributed by atoms with E-state index in [1.807, 2.05) is 13.8 Å². The molecule has 3 aliphatic rings. The topological polar surface area (TPSA) is 63.7 Å². The molecule has 0 radical (unpaired) electrons. The predicted octanol–water partition coefficient (Wildman–Crippen LogP) is 3.51. The van der Waals surface area contributed by atoms with E-state index in [4.69, 9.17) is 4.74 Å². The molecule has 4 rings (SSSR count). The van der Waals surface area contributed by atoms with Crippen LogP contribution in [0.15, 0.2) is 47.6 Å². The maximum Gasteiger partial charge on any atom is 0.340 e. The molecule has 5 heteroatoms. The van der Waals surface area contributed by atoms with Gasteiger partial charge in [-0.3, -0.25) is 9.59 Å². The second kappa shape index (κ2) is 6.19. The summed E-state index contributed by atoms with van der Waals surface area (Å²) >= 11 is 0. The summed E-state index contributed by atoms with van der Waals surface area (Å²) in [6, 6.07) is 6.68. The third kappa shape index (κ3) is 2.48. The van der Waals surface area contributed by atoms with Crippen LogP contribution in [0.2, 0.25) is 0 Å². The van der Waals surface area contributed by atoms with Gasteiger partial charge in [0.2, 0.25) is 11.8 Å². The number of fused-ring (bicyclic) bond motifs is 5. The van der Waals surface area contributed by atoms with E-state index < -0.39 is 5.97 Å². The summed E-state index contributed by atoms with van der Waals surface area (Å²) in [5, 5.41) is 0. The van der Waals surface area contributed by atoms with Gasteiger partial charge in [-0.25, -0.2) is 9.69 Å². The SMILES string of the molecule is CC(C)=C1[C@H]2C=C[C@H]1[C@H]1C(=O)N(c3ccccc3C(=O)OC(C)C)C(=O)[C@H]12. The van der Waals surface area contributed by atoms with Gasteiger partial charge in [-0.15, -0.1) is 0 Å². The van der Waals surface area contributed by atoms with Crippen LogP contribution in [-0.2, 0) is 14.3 Å². The largest absolute Gasteiger partial charge is 0.459 e. The van der Waals surface area contributed by atoms with Gasteiger partial charge in [0.25, 0.3) is 0 Å². The minimum absolute atomic E-state index is 0.0128. The van der Waals surface area contributed by atoms with Crippen molar-refractivity contribution in [3.8, 4) is 0 Å². The number of amides is 2. The molecule has 140 valence electrons. The van der Waals surface area contributed by atoms with E-state index in [9.17, 15) is 14.4 Å². The summed E-state index contributed by atoms with van der Waals surface area (Å²) < 4.78 is 5.30. The molecule has 5 nitrogen and oxygen atoms in total. The maximum atomic E-state index is 13.2. The Bertz CT molecular complexity index is 873. The first-order valence-electron chi connectivity index (χ1n) is 9.36. The number of benzene rings is 1. The summed E-state index contributed by atoms with van der Waals surface area (Å²) in [6.07, 6.45) is 3.83. The molecule has 1 heterocycles. The van der Waals surface area contributed by atoms with Gasteiger partial charge in [0.05, 0.1) is 29.2 Å². The predicted molar refractivity (Wildman–Crippen MR) is 101 cm³/mol. The zero-order valence-electron chi connectivity index (χ0n) is 15.9. The first-order valence-corrected chi connectivity index (χ1v) is 9.36. The third-order valence-electron chi connectivity index (χ3n) is 5.70. The van der Waals surface area contributed by atoms with Crippen molar-refractivity contribution >= 4 is 23.5 Å². The molecule has 1 aliphatic heterocycles. The average molecular weight is 365 g/mol. The van der Waals surface area contributed by atoms with Crippen molar-refractivity contribution in [2.24, 2.45) is 23.7 Å². The van der Waals surface area contributed by atoms with E-state index in [0.717, 1.165) is 0 Å². The van der Waals surface area contributed by atoms with Crippen molar-refractivity contribution in [1.29, 1.82) is 0 Å². The van der Waals surface area contributed by atoms with Gasteiger partial charge in [-0.2, -0.15) is 0 Å². The van der Waals surface area contributed by atoms with Crippen molar-refractivity contribution in [3.63, 3.8) is 0 Å². The number of anilines is 1. The van der Waals surface area contributed by atoms with Gasteiger partial charge < -0.3 is 4.74 Å². The van der Waals surface area contributed by atoms with Crippen LogP contribution in [0, 0.1) is 23.7 Å². The Kier molecular flexibility index (Phi) is 4.06. The first kappa shape index (κ1) is 17.7. The number of carbonyl (C=O) groups is 3. The van der Waals surface area contributed by atoms with Crippen LogP contribution in [-0.4, -0.2) is 23.9 Å². The minimum atomic E-state index is -0.524. The standard InChI is InChI=1S/C22H23NO4/c1-11(2)17-14-9-10-15(17)19-18(14)20(24)23(21(19)25)16-8-6-5-7-13(16)22(26)27-12(3)4/h5-10,12,14-15,18-19H,1-4H3/t14-,15-,18-,19+/m1/s1. The van der Waals surface area contributed by atoms with Crippen LogP contribution >= 0.6 is 0 Å². The van der Waals surface area contributed by atoms with E-state index >= 15 is 0 Å². The molecule has 1 saturated heterocycles. The normalized spacial score (nSPS) is 28.3. The molecular weight excluding hydrogens is 342 g/mol. The third-order valence-corrected chi connectivity index (χ3v) is 5.70. The van der Waals surface area contributed by atoms with E-state index in [1.165, 1.54) is 16.0 Å². The zero-order valence-corrected chi connectivity index (χ0v) is 15.9. The lowest BCUT2D eigenvalue weighted by Crippen LogP contribution is -2.34. The van der Waals surface area contributed by atoms with Crippen LogP contribution in [0.1, 0.15) is 38.1 Å². The van der Waals surface area contributed by atoms with Gasteiger partial charge in [-0.1, -0.05) is 35.4 Å². The molecular formula is C22H23NO4. The van der Waals surface area contributed by atoms with Gasteiger partial charge in [0.15, 0.2) is 0 Å². The van der Waals surface area contributed by atoms with Crippen molar-refractivity contribution < 1.29 is 19.1 Å². The highest BCUT2D eigenvalue weighted by molar-refractivity contribution is 6.25. The Morgan fingerprint density at radius 3 is 2.07 bits per heavy atom. The summed E-state index contributed by atoms with van der Waals surface area (Å²) in [7, 11) is 0. The number of esters is 1. The summed E-state index contributed by atoms with van der Waals surface area (Å²) in [4.78, 5) is 40.2. The lowest BCUT2D eigenvalue weighted by atomic mass is 9.85. The van der Waals surface area contributed by atoms with E-state index in [0.29, 0.717) is 5.69 Å². The molecule has 4 atom stereocenters.